The quantitative estimate of drug-likeness (QED) is 0.0829. The minimum atomic E-state index is -0.552. The van der Waals surface area contributed by atoms with Crippen molar-refractivity contribution in [2.75, 3.05) is 13.2 Å². The number of esters is 2. The second-order valence-electron chi connectivity index (χ2n) is 11.1. The fourth-order valence-electron chi connectivity index (χ4n) is 3.14. The minimum absolute atomic E-state index is 0. The van der Waals surface area contributed by atoms with Crippen LogP contribution in [0.3, 0.4) is 0 Å². The molecule has 0 atom stereocenters. The van der Waals surface area contributed by atoms with Gasteiger partial charge in [-0.05, 0) is 39.5 Å². The van der Waals surface area contributed by atoms with Crippen molar-refractivity contribution in [2.24, 2.45) is 5.73 Å². The number of carbonyl (C=O) groups is 3. The molecule has 0 saturated carbocycles. The van der Waals surface area contributed by atoms with E-state index < -0.39 is 11.9 Å². The van der Waals surface area contributed by atoms with Gasteiger partial charge in [0.1, 0.15) is 24.9 Å². The van der Waals surface area contributed by atoms with Crippen LogP contribution < -0.4 is 5.73 Å². The van der Waals surface area contributed by atoms with Crippen LogP contribution in [0.1, 0.15) is 219 Å². The van der Waals surface area contributed by atoms with Gasteiger partial charge in [-0.15, -0.1) is 0 Å². The second kappa shape index (κ2) is 70.0. The number of unbranched alkanes of at least 4 members (excludes halogenated alkanes) is 10. The zero-order chi connectivity index (χ0) is 36.6. The minimum Gasteiger partial charge on any atom is -0.464 e. The van der Waals surface area contributed by atoms with Crippen LogP contribution in [0.15, 0.2) is 0 Å². The average Bonchev–Trinajstić information content (AvgIpc) is 2.98. The van der Waals surface area contributed by atoms with Gasteiger partial charge in [-0.2, -0.15) is 0 Å². The first-order valence-electron chi connectivity index (χ1n) is 19.0. The number of ketones is 1. The van der Waals surface area contributed by atoms with Crippen molar-refractivity contribution in [2.45, 2.75) is 225 Å². The van der Waals surface area contributed by atoms with Gasteiger partial charge in [-0.1, -0.05) is 173 Å². The third-order valence-electron chi connectivity index (χ3n) is 4.73. The summed E-state index contributed by atoms with van der Waals surface area (Å²) >= 11 is 0. The van der Waals surface area contributed by atoms with Crippen molar-refractivity contribution in [1.29, 1.82) is 0 Å². The SMILES string of the molecule is CC.CC(C)=O.CCC.CCC.CCC.CCC.CCCCCCCCC(CCCCCCCC)OC(=O)CC(=O)OCCN.O. The number of Topliss-reactive ketones (excluding diaryl/α,β-unsaturated/α-hetero) is 1. The van der Waals surface area contributed by atoms with Crippen LogP contribution in [0.5, 0.6) is 0 Å². The zero-order valence-electron chi connectivity index (χ0n) is 34.0. The summed E-state index contributed by atoms with van der Waals surface area (Å²) in [6.45, 7) is 28.9. The fraction of sp³-hybridized carbons (Fsp3) is 0.923. The van der Waals surface area contributed by atoms with E-state index in [4.69, 9.17) is 15.2 Å². The first kappa shape index (κ1) is 63.2. The molecule has 0 aromatic rings. The van der Waals surface area contributed by atoms with Crippen molar-refractivity contribution in [3.05, 3.63) is 0 Å². The first-order chi connectivity index (χ1) is 21.5. The van der Waals surface area contributed by atoms with Crippen molar-refractivity contribution in [1.82, 2.24) is 0 Å². The lowest BCUT2D eigenvalue weighted by molar-refractivity contribution is -0.158. The molecule has 0 aromatic carbocycles. The summed E-state index contributed by atoms with van der Waals surface area (Å²) in [5.41, 5.74) is 5.29. The molecule has 0 heterocycles. The number of hydrogen-bond acceptors (Lipinski definition) is 6. The van der Waals surface area contributed by atoms with E-state index in [2.05, 4.69) is 69.2 Å². The van der Waals surface area contributed by atoms with E-state index in [1.165, 1.54) is 104 Å². The highest BCUT2D eigenvalue weighted by atomic mass is 16.6. The van der Waals surface area contributed by atoms with E-state index in [-0.39, 0.29) is 36.9 Å². The van der Waals surface area contributed by atoms with Crippen LogP contribution in [0.4, 0.5) is 0 Å². The van der Waals surface area contributed by atoms with Gasteiger partial charge in [0.25, 0.3) is 0 Å². The fourth-order valence-corrected chi connectivity index (χ4v) is 3.14. The maximum Gasteiger partial charge on any atom is 0.317 e. The van der Waals surface area contributed by atoms with E-state index in [1.54, 1.807) is 0 Å². The van der Waals surface area contributed by atoms with E-state index in [0.29, 0.717) is 0 Å². The summed E-state index contributed by atoms with van der Waals surface area (Å²) < 4.78 is 10.4. The van der Waals surface area contributed by atoms with Gasteiger partial charge in [-0.3, -0.25) is 9.59 Å². The van der Waals surface area contributed by atoms with E-state index >= 15 is 0 Å². The van der Waals surface area contributed by atoms with E-state index in [0.717, 1.165) is 25.7 Å². The van der Waals surface area contributed by atoms with Gasteiger partial charge in [0.15, 0.2) is 0 Å². The summed E-state index contributed by atoms with van der Waals surface area (Å²) in [4.78, 5) is 33.0. The molecule has 0 unspecified atom stereocenters. The molecule has 0 aliphatic carbocycles. The molecule has 7 heteroatoms. The highest BCUT2D eigenvalue weighted by Gasteiger charge is 2.18. The van der Waals surface area contributed by atoms with Gasteiger partial charge in [0, 0.05) is 6.54 Å². The molecule has 0 spiro atoms. The van der Waals surface area contributed by atoms with Crippen LogP contribution in [0.2, 0.25) is 0 Å². The molecule has 46 heavy (non-hydrogen) atoms. The maximum absolute atomic E-state index is 12.0. The number of carbonyl (C=O) groups excluding carboxylic acids is 3. The van der Waals surface area contributed by atoms with Crippen LogP contribution in [0.25, 0.3) is 0 Å². The molecule has 286 valence electrons. The topological polar surface area (TPSA) is 127 Å². The lowest BCUT2D eigenvalue weighted by Gasteiger charge is -2.18. The Hall–Kier alpha value is -1.47. The van der Waals surface area contributed by atoms with Crippen LogP contribution in [0, 0.1) is 0 Å². The molecule has 7 nitrogen and oxygen atoms in total. The van der Waals surface area contributed by atoms with Gasteiger partial charge in [0.2, 0.25) is 0 Å². The molecule has 0 amide bonds. The van der Waals surface area contributed by atoms with E-state index in [1.807, 2.05) is 13.8 Å². The van der Waals surface area contributed by atoms with Crippen molar-refractivity contribution >= 4 is 17.7 Å². The highest BCUT2D eigenvalue weighted by molar-refractivity contribution is 5.91. The number of rotatable bonds is 19. The Bertz CT molecular complexity index is 473. The Morgan fingerprint density at radius 1 is 0.543 bits per heavy atom. The van der Waals surface area contributed by atoms with Crippen LogP contribution in [-0.4, -0.2) is 42.5 Å². The largest absolute Gasteiger partial charge is 0.464 e. The third-order valence-corrected chi connectivity index (χ3v) is 4.73. The predicted molar refractivity (Wildman–Crippen MR) is 206 cm³/mol. The molecular weight excluding hydrogens is 578 g/mol. The number of nitrogens with two attached hydrogens (primary N) is 1. The van der Waals surface area contributed by atoms with E-state index in [9.17, 15) is 14.4 Å². The molecule has 0 bridgehead atoms. The molecule has 0 saturated heterocycles. The van der Waals surface area contributed by atoms with Crippen molar-refractivity contribution in [3.63, 3.8) is 0 Å². The smallest absolute Gasteiger partial charge is 0.317 e. The van der Waals surface area contributed by atoms with Gasteiger partial charge in [0.05, 0.1) is 0 Å². The molecule has 0 rings (SSSR count). The summed E-state index contributed by atoms with van der Waals surface area (Å²) in [7, 11) is 0. The second-order valence-corrected chi connectivity index (χ2v) is 11.1. The lowest BCUT2D eigenvalue weighted by atomic mass is 10.0. The highest BCUT2D eigenvalue weighted by Crippen LogP contribution is 2.17. The van der Waals surface area contributed by atoms with Crippen LogP contribution in [-0.2, 0) is 23.9 Å². The molecule has 0 aliphatic rings. The molecule has 0 fully saturated rings. The number of hydrogen-bond donors (Lipinski definition) is 1. The van der Waals surface area contributed by atoms with Crippen molar-refractivity contribution < 1.29 is 29.3 Å². The maximum atomic E-state index is 12.0. The van der Waals surface area contributed by atoms with Crippen LogP contribution >= 0.6 is 0 Å². The molecular formula is C39H89NO6. The summed E-state index contributed by atoms with van der Waals surface area (Å²) in [5, 5.41) is 0. The molecule has 0 aliphatic heterocycles. The Morgan fingerprint density at radius 3 is 1.11 bits per heavy atom. The average molecular weight is 668 g/mol. The van der Waals surface area contributed by atoms with Gasteiger partial charge < -0.3 is 25.5 Å². The number of ether oxygens (including phenoxy) is 2. The first-order valence-corrected chi connectivity index (χ1v) is 19.0. The standard InChI is InChI=1S/C22H43NO4.C3H6O.4C3H8.C2H6.H2O/c1-3-5-7-9-11-13-15-20(16-14-12-10-8-6-4-2)27-22(25)19-21(24)26-18-17-23;1-3(2)4;4*1-3-2;1-2;/h20H,3-19,23H2,1-2H3;1-2H3;4*3H2,1-2H3;1-2H3;1H2. The Labute approximate surface area is 290 Å². The Kier molecular flexibility index (Phi) is 96.3. The molecule has 0 aromatic heterocycles. The van der Waals surface area contributed by atoms with Gasteiger partial charge >= 0.3 is 11.9 Å². The lowest BCUT2D eigenvalue weighted by Crippen LogP contribution is -2.22. The molecule has 4 N–H and O–H groups in total. The monoisotopic (exact) mass is 668 g/mol. The summed E-state index contributed by atoms with van der Waals surface area (Å²) in [6, 6.07) is 0. The third kappa shape index (κ3) is 104. The molecule has 0 radical (unpaired) electrons. The summed E-state index contributed by atoms with van der Waals surface area (Å²) in [6.07, 6.45) is 21.1. The Balaban J connectivity index is -0.000000104. The Morgan fingerprint density at radius 2 is 0.826 bits per heavy atom. The predicted octanol–water partition coefficient (Wildman–Crippen LogP) is 11.8. The zero-order valence-corrected chi connectivity index (χ0v) is 34.0. The van der Waals surface area contributed by atoms with Gasteiger partial charge in [-0.25, -0.2) is 0 Å². The summed E-state index contributed by atoms with van der Waals surface area (Å²) in [5.74, 6) is -0.859. The van der Waals surface area contributed by atoms with Crippen molar-refractivity contribution in [3.8, 4) is 0 Å². The normalized spacial score (nSPS) is 8.70.